The Kier molecular flexibility index (Phi) is 4.31. The van der Waals surface area contributed by atoms with Crippen LogP contribution in [0, 0.1) is 21.4 Å². The molecule has 1 heterocycles. The lowest BCUT2D eigenvalue weighted by Gasteiger charge is -2.11. The van der Waals surface area contributed by atoms with Gasteiger partial charge in [-0.25, -0.2) is 0 Å². The summed E-state index contributed by atoms with van der Waals surface area (Å²) in [6.07, 6.45) is 3.18. The molecule has 1 aliphatic rings. The molecule has 0 saturated carbocycles. The van der Waals surface area contributed by atoms with E-state index in [-0.39, 0.29) is 17.4 Å². The second-order valence-electron chi connectivity index (χ2n) is 4.42. The van der Waals surface area contributed by atoms with Crippen LogP contribution in [0.3, 0.4) is 0 Å². The van der Waals surface area contributed by atoms with E-state index < -0.39 is 4.92 Å². The lowest BCUT2D eigenvalue weighted by molar-refractivity contribution is -0.384. The second kappa shape index (κ2) is 6.16. The fourth-order valence-corrected chi connectivity index (χ4v) is 2.21. The highest BCUT2D eigenvalue weighted by atomic mass is 16.6. The maximum atomic E-state index is 11.0. The summed E-state index contributed by atoms with van der Waals surface area (Å²) in [7, 11) is 0. The Labute approximate surface area is 111 Å². The molecule has 0 bridgehead atoms. The van der Waals surface area contributed by atoms with E-state index in [1.165, 1.54) is 6.07 Å². The van der Waals surface area contributed by atoms with Crippen LogP contribution in [0.4, 0.5) is 11.4 Å². The number of rotatable bonds is 5. The highest BCUT2D eigenvalue weighted by molar-refractivity contribution is 5.68. The summed E-state index contributed by atoms with van der Waals surface area (Å²) in [6.45, 7) is 1.40. The van der Waals surface area contributed by atoms with Gasteiger partial charge in [0.05, 0.1) is 11.0 Å². The van der Waals surface area contributed by atoms with Crippen molar-refractivity contribution >= 4 is 11.4 Å². The predicted molar refractivity (Wildman–Crippen MR) is 69.9 cm³/mol. The molecule has 1 saturated heterocycles. The first-order valence-electron chi connectivity index (χ1n) is 6.25. The molecule has 1 atom stereocenters. The number of para-hydroxylation sites is 1. The molecule has 0 radical (unpaired) electrons. The van der Waals surface area contributed by atoms with E-state index in [9.17, 15) is 10.1 Å². The van der Waals surface area contributed by atoms with Crippen molar-refractivity contribution in [3.63, 3.8) is 0 Å². The van der Waals surface area contributed by atoms with Crippen molar-refractivity contribution in [2.24, 2.45) is 0 Å². The average Bonchev–Trinajstić information content (AvgIpc) is 2.91. The number of nitro benzene ring substituents is 1. The molecule has 6 heteroatoms. The summed E-state index contributed by atoms with van der Waals surface area (Å²) in [5.41, 5.74) is 0.312. The number of nitro groups is 1. The molecule has 1 aromatic carbocycles. The monoisotopic (exact) mass is 261 g/mol. The Balaban J connectivity index is 2.03. The summed E-state index contributed by atoms with van der Waals surface area (Å²) in [4.78, 5) is 10.5. The molecule has 0 aromatic heterocycles. The zero-order valence-electron chi connectivity index (χ0n) is 10.5. The number of nitrogens with zero attached hydrogens (tertiary/aromatic N) is 2. The maximum absolute atomic E-state index is 11.0. The molecule has 1 fully saturated rings. The molecule has 19 heavy (non-hydrogen) atoms. The minimum absolute atomic E-state index is 0.0760. The van der Waals surface area contributed by atoms with Gasteiger partial charge in [0.15, 0.2) is 0 Å². The molecule has 2 rings (SSSR count). The van der Waals surface area contributed by atoms with Crippen LogP contribution in [-0.2, 0) is 4.74 Å². The molecule has 1 aliphatic heterocycles. The zero-order chi connectivity index (χ0) is 13.7. The van der Waals surface area contributed by atoms with Crippen LogP contribution < -0.4 is 5.32 Å². The van der Waals surface area contributed by atoms with Crippen LogP contribution in [0.15, 0.2) is 18.2 Å². The van der Waals surface area contributed by atoms with E-state index in [0.717, 1.165) is 25.9 Å². The largest absolute Gasteiger partial charge is 0.379 e. The Hall–Kier alpha value is -2.13. The second-order valence-corrected chi connectivity index (χ2v) is 4.42. The highest BCUT2D eigenvalue weighted by Gasteiger charge is 2.20. The van der Waals surface area contributed by atoms with Gasteiger partial charge in [-0.15, -0.1) is 0 Å². The van der Waals surface area contributed by atoms with Crippen molar-refractivity contribution in [1.29, 1.82) is 5.26 Å². The van der Waals surface area contributed by atoms with E-state index in [4.69, 9.17) is 10.00 Å². The molecule has 100 valence electrons. The Morgan fingerprint density at radius 1 is 1.58 bits per heavy atom. The van der Waals surface area contributed by atoms with E-state index in [1.807, 2.05) is 6.07 Å². The van der Waals surface area contributed by atoms with Gasteiger partial charge >= 0.3 is 5.69 Å². The number of benzene rings is 1. The summed E-state index contributed by atoms with van der Waals surface area (Å²) in [6, 6.07) is 6.55. The maximum Gasteiger partial charge on any atom is 0.309 e. The number of hydrogen-bond donors (Lipinski definition) is 1. The van der Waals surface area contributed by atoms with Gasteiger partial charge in [-0.1, -0.05) is 6.07 Å². The number of nitrogens with one attached hydrogen (secondary N) is 1. The van der Waals surface area contributed by atoms with Gasteiger partial charge in [0.25, 0.3) is 0 Å². The first-order chi connectivity index (χ1) is 9.22. The lowest BCUT2D eigenvalue weighted by atomic mass is 10.1. The normalized spacial score (nSPS) is 17.9. The van der Waals surface area contributed by atoms with Gasteiger partial charge in [-0.05, 0) is 31.4 Å². The van der Waals surface area contributed by atoms with Crippen molar-refractivity contribution in [3.05, 3.63) is 33.9 Å². The van der Waals surface area contributed by atoms with E-state index >= 15 is 0 Å². The Bertz CT molecular complexity index is 504. The Morgan fingerprint density at radius 3 is 3.05 bits per heavy atom. The van der Waals surface area contributed by atoms with Gasteiger partial charge < -0.3 is 10.1 Å². The number of nitriles is 1. The van der Waals surface area contributed by atoms with Crippen molar-refractivity contribution in [1.82, 2.24) is 0 Å². The summed E-state index contributed by atoms with van der Waals surface area (Å²) in [5, 5.41) is 22.9. The molecular formula is C13H15N3O3. The smallest absolute Gasteiger partial charge is 0.309 e. The molecule has 1 aromatic rings. The minimum atomic E-state index is -0.521. The van der Waals surface area contributed by atoms with Gasteiger partial charge in [0.2, 0.25) is 0 Å². The van der Waals surface area contributed by atoms with Crippen LogP contribution in [0.1, 0.15) is 24.8 Å². The summed E-state index contributed by atoms with van der Waals surface area (Å²) >= 11 is 0. The Morgan fingerprint density at radius 2 is 2.42 bits per heavy atom. The predicted octanol–water partition coefficient (Wildman–Crippen LogP) is 2.45. The fraction of sp³-hybridized carbons (Fsp3) is 0.462. The average molecular weight is 261 g/mol. The molecule has 0 amide bonds. The van der Waals surface area contributed by atoms with Crippen molar-refractivity contribution < 1.29 is 9.66 Å². The first-order valence-corrected chi connectivity index (χ1v) is 6.25. The number of ether oxygens (including phenoxy) is 1. The molecule has 1 N–H and O–H groups in total. The standard InChI is InChI=1S/C13H15N3O3/c14-9-10-3-1-5-12(13(10)16(17)18)15-7-6-11-4-2-8-19-11/h1,3,5,11,15H,2,4,6-8H2. The number of hydrogen-bond acceptors (Lipinski definition) is 5. The van der Waals surface area contributed by atoms with E-state index in [0.29, 0.717) is 12.2 Å². The van der Waals surface area contributed by atoms with E-state index in [2.05, 4.69) is 5.32 Å². The molecule has 0 aliphatic carbocycles. The highest BCUT2D eigenvalue weighted by Crippen LogP contribution is 2.28. The molecule has 1 unspecified atom stereocenters. The van der Waals surface area contributed by atoms with E-state index in [1.54, 1.807) is 12.1 Å². The third kappa shape index (κ3) is 3.20. The molecule has 6 nitrogen and oxygen atoms in total. The van der Waals surface area contributed by atoms with Gasteiger partial charge in [0.1, 0.15) is 17.3 Å². The SMILES string of the molecule is N#Cc1cccc(NCCC2CCCO2)c1[N+](=O)[O-]. The fourth-order valence-electron chi connectivity index (χ4n) is 2.21. The summed E-state index contributed by atoms with van der Waals surface area (Å²) < 4.78 is 5.49. The van der Waals surface area contributed by atoms with Gasteiger partial charge in [0, 0.05) is 13.2 Å². The first kappa shape index (κ1) is 13.3. The van der Waals surface area contributed by atoms with Gasteiger partial charge in [-0.3, -0.25) is 10.1 Å². The van der Waals surface area contributed by atoms with Crippen LogP contribution in [0.5, 0.6) is 0 Å². The van der Waals surface area contributed by atoms with Crippen LogP contribution in [-0.4, -0.2) is 24.2 Å². The number of anilines is 1. The van der Waals surface area contributed by atoms with Crippen molar-refractivity contribution in [3.8, 4) is 6.07 Å². The minimum Gasteiger partial charge on any atom is -0.379 e. The zero-order valence-corrected chi connectivity index (χ0v) is 10.5. The summed E-state index contributed by atoms with van der Waals surface area (Å²) in [5.74, 6) is 0. The molecular weight excluding hydrogens is 246 g/mol. The van der Waals surface area contributed by atoms with Crippen LogP contribution in [0.25, 0.3) is 0 Å². The molecule has 0 spiro atoms. The topological polar surface area (TPSA) is 88.2 Å². The van der Waals surface area contributed by atoms with Gasteiger partial charge in [-0.2, -0.15) is 5.26 Å². The third-order valence-corrected chi connectivity index (χ3v) is 3.14. The lowest BCUT2D eigenvalue weighted by Crippen LogP contribution is -2.13. The van der Waals surface area contributed by atoms with Crippen molar-refractivity contribution in [2.45, 2.75) is 25.4 Å². The van der Waals surface area contributed by atoms with Crippen molar-refractivity contribution in [2.75, 3.05) is 18.5 Å². The third-order valence-electron chi connectivity index (χ3n) is 3.14. The van der Waals surface area contributed by atoms with Crippen LogP contribution in [0.2, 0.25) is 0 Å². The van der Waals surface area contributed by atoms with Crippen LogP contribution >= 0.6 is 0 Å². The quantitative estimate of drug-likeness (QED) is 0.649.